The minimum atomic E-state index is 0.107. The third-order valence-corrected chi connectivity index (χ3v) is 4.56. The van der Waals surface area contributed by atoms with Crippen LogP contribution in [0.15, 0.2) is 30.0 Å². The maximum Gasteiger partial charge on any atom is 0.0798 e. The summed E-state index contributed by atoms with van der Waals surface area (Å²) in [4.78, 5) is 12.0. The van der Waals surface area contributed by atoms with Gasteiger partial charge in [-0.1, -0.05) is 6.92 Å². The number of nitrogens with two attached hydrogens (primary N) is 1. The van der Waals surface area contributed by atoms with Crippen LogP contribution < -0.4 is 5.73 Å². The lowest BCUT2D eigenvalue weighted by atomic mass is 9.97. The Hall–Kier alpha value is -1.30. The number of aromatic nitrogens is 2. The van der Waals surface area contributed by atoms with Crippen molar-refractivity contribution in [3.05, 3.63) is 46.2 Å². The first kappa shape index (κ1) is 15.1. The fourth-order valence-electron chi connectivity index (χ4n) is 2.42. The molecule has 2 unspecified atom stereocenters. The van der Waals surface area contributed by atoms with Gasteiger partial charge >= 0.3 is 0 Å². The van der Waals surface area contributed by atoms with Crippen LogP contribution >= 0.6 is 11.3 Å². The number of hydrogen-bond donors (Lipinski definition) is 1. The van der Waals surface area contributed by atoms with Gasteiger partial charge < -0.3 is 5.73 Å². The lowest BCUT2D eigenvalue weighted by Gasteiger charge is -2.32. The van der Waals surface area contributed by atoms with Crippen LogP contribution in [0.2, 0.25) is 0 Å². The first-order chi connectivity index (χ1) is 9.63. The van der Waals surface area contributed by atoms with Crippen LogP contribution in [0, 0.1) is 6.92 Å². The molecule has 0 aromatic carbocycles. The number of hydrogen-bond acceptors (Lipinski definition) is 5. The third-order valence-electron chi connectivity index (χ3n) is 3.64. The van der Waals surface area contributed by atoms with Crippen LogP contribution in [-0.4, -0.2) is 28.0 Å². The quantitative estimate of drug-likeness (QED) is 0.889. The predicted molar refractivity (Wildman–Crippen MR) is 83.6 cm³/mol. The molecule has 0 radical (unpaired) electrons. The van der Waals surface area contributed by atoms with Crippen molar-refractivity contribution < 1.29 is 0 Å². The average Bonchev–Trinajstić information content (AvgIpc) is 2.85. The first-order valence-electron chi connectivity index (χ1n) is 6.88. The molecule has 0 aliphatic rings. The molecule has 4 nitrogen and oxygen atoms in total. The van der Waals surface area contributed by atoms with E-state index in [2.05, 4.69) is 47.9 Å². The number of nitrogens with zero attached hydrogens (tertiary/aromatic N) is 3. The topological polar surface area (TPSA) is 55.0 Å². The molecule has 0 bridgehead atoms. The van der Waals surface area contributed by atoms with Gasteiger partial charge in [0.1, 0.15) is 0 Å². The summed E-state index contributed by atoms with van der Waals surface area (Å²) in [6, 6.07) is 4.41. The Kier molecular flexibility index (Phi) is 5.23. The highest BCUT2D eigenvalue weighted by molar-refractivity contribution is 7.09. The van der Waals surface area contributed by atoms with Crippen molar-refractivity contribution in [3.63, 3.8) is 0 Å². The van der Waals surface area contributed by atoms with Gasteiger partial charge in [-0.15, -0.1) is 11.3 Å². The molecule has 0 saturated carbocycles. The van der Waals surface area contributed by atoms with E-state index in [1.165, 1.54) is 10.4 Å². The summed E-state index contributed by atoms with van der Waals surface area (Å²) in [7, 11) is 2.12. The fraction of sp³-hybridized carbons (Fsp3) is 0.467. The summed E-state index contributed by atoms with van der Waals surface area (Å²) in [5.41, 5.74) is 10.6. The molecule has 2 heterocycles. The standard InChI is InChI=1S/C15H22N4S/c1-4-13(16)15(12-5-7-17-8-6-12)19(3)9-14-11(2)18-10-20-14/h5-8,10,13,15H,4,9,16H2,1-3H3. The van der Waals surface area contributed by atoms with E-state index in [1.54, 1.807) is 11.3 Å². The SMILES string of the molecule is CCC(N)C(c1ccncc1)N(C)Cc1scnc1C. The zero-order valence-corrected chi connectivity index (χ0v) is 13.1. The van der Waals surface area contributed by atoms with Gasteiger partial charge in [-0.3, -0.25) is 9.88 Å². The molecule has 0 amide bonds. The highest BCUT2D eigenvalue weighted by Crippen LogP contribution is 2.26. The summed E-state index contributed by atoms with van der Waals surface area (Å²) in [5.74, 6) is 0. The zero-order chi connectivity index (χ0) is 14.5. The Morgan fingerprint density at radius 2 is 2.05 bits per heavy atom. The van der Waals surface area contributed by atoms with Crippen LogP contribution in [-0.2, 0) is 6.54 Å². The molecular formula is C15H22N4S. The summed E-state index contributed by atoms with van der Waals surface area (Å²) in [6.07, 6.45) is 4.60. The minimum absolute atomic E-state index is 0.107. The second-order valence-corrected chi connectivity index (χ2v) is 6.01. The highest BCUT2D eigenvalue weighted by atomic mass is 32.1. The Labute approximate surface area is 124 Å². The van der Waals surface area contributed by atoms with Gasteiger partial charge in [-0.25, -0.2) is 4.98 Å². The summed E-state index contributed by atoms with van der Waals surface area (Å²) < 4.78 is 0. The Morgan fingerprint density at radius 1 is 1.35 bits per heavy atom. The Bertz CT molecular complexity index is 526. The molecule has 2 aromatic rings. The minimum Gasteiger partial charge on any atom is -0.326 e. The number of thiazole rings is 1. The molecule has 0 spiro atoms. The monoisotopic (exact) mass is 290 g/mol. The number of pyridine rings is 1. The van der Waals surface area contributed by atoms with Gasteiger partial charge in [0.05, 0.1) is 17.2 Å². The molecule has 0 aliphatic heterocycles. The molecule has 2 aromatic heterocycles. The van der Waals surface area contributed by atoms with Crippen LogP contribution in [0.25, 0.3) is 0 Å². The van der Waals surface area contributed by atoms with E-state index in [9.17, 15) is 0 Å². The first-order valence-corrected chi connectivity index (χ1v) is 7.76. The molecular weight excluding hydrogens is 268 g/mol. The fourth-order valence-corrected chi connectivity index (χ4v) is 3.25. The lowest BCUT2D eigenvalue weighted by molar-refractivity contribution is 0.203. The number of likely N-dealkylation sites (N-methyl/N-ethyl adjacent to an activating group) is 1. The molecule has 2 N–H and O–H groups in total. The lowest BCUT2D eigenvalue weighted by Crippen LogP contribution is -2.38. The molecule has 2 rings (SSSR count). The zero-order valence-electron chi connectivity index (χ0n) is 12.3. The summed E-state index contributed by atoms with van der Waals surface area (Å²) in [6.45, 7) is 5.06. The van der Waals surface area contributed by atoms with Crippen LogP contribution in [0.5, 0.6) is 0 Å². The van der Waals surface area contributed by atoms with Gasteiger partial charge in [0.25, 0.3) is 0 Å². The Morgan fingerprint density at radius 3 is 2.60 bits per heavy atom. The number of rotatable bonds is 6. The largest absolute Gasteiger partial charge is 0.326 e. The highest BCUT2D eigenvalue weighted by Gasteiger charge is 2.23. The van der Waals surface area contributed by atoms with Crippen molar-refractivity contribution in [2.24, 2.45) is 5.73 Å². The molecule has 2 atom stereocenters. The van der Waals surface area contributed by atoms with E-state index < -0.39 is 0 Å². The summed E-state index contributed by atoms with van der Waals surface area (Å²) in [5, 5.41) is 0. The molecule has 0 aliphatic carbocycles. The van der Waals surface area contributed by atoms with Crippen molar-refractivity contribution in [2.45, 2.75) is 38.9 Å². The van der Waals surface area contributed by atoms with Gasteiger partial charge in [0, 0.05) is 29.9 Å². The van der Waals surface area contributed by atoms with E-state index in [4.69, 9.17) is 5.73 Å². The normalized spacial score (nSPS) is 14.4. The smallest absolute Gasteiger partial charge is 0.0798 e. The maximum atomic E-state index is 6.34. The van der Waals surface area contributed by atoms with Crippen LogP contribution in [0.3, 0.4) is 0 Å². The second kappa shape index (κ2) is 6.92. The van der Waals surface area contributed by atoms with E-state index in [-0.39, 0.29) is 12.1 Å². The van der Waals surface area contributed by atoms with E-state index >= 15 is 0 Å². The predicted octanol–water partition coefficient (Wildman–Crippen LogP) is 2.76. The summed E-state index contributed by atoms with van der Waals surface area (Å²) >= 11 is 1.70. The van der Waals surface area contributed by atoms with Crippen LogP contribution in [0.1, 0.15) is 35.5 Å². The average molecular weight is 290 g/mol. The number of aryl methyl sites for hydroxylation is 1. The van der Waals surface area contributed by atoms with Gasteiger partial charge in [-0.2, -0.15) is 0 Å². The van der Waals surface area contributed by atoms with Crippen LogP contribution in [0.4, 0.5) is 0 Å². The van der Waals surface area contributed by atoms with E-state index in [1.807, 2.05) is 17.9 Å². The van der Waals surface area contributed by atoms with E-state index in [0.717, 1.165) is 18.7 Å². The van der Waals surface area contributed by atoms with E-state index in [0.29, 0.717) is 0 Å². The van der Waals surface area contributed by atoms with Crippen molar-refractivity contribution >= 4 is 11.3 Å². The van der Waals surface area contributed by atoms with Crippen molar-refractivity contribution in [3.8, 4) is 0 Å². The van der Waals surface area contributed by atoms with Crippen molar-refractivity contribution in [1.82, 2.24) is 14.9 Å². The Balaban J connectivity index is 2.21. The molecule has 0 fully saturated rings. The maximum absolute atomic E-state index is 6.34. The van der Waals surface area contributed by atoms with Gasteiger partial charge in [-0.05, 0) is 38.1 Å². The second-order valence-electron chi connectivity index (χ2n) is 5.07. The molecule has 0 saturated heterocycles. The van der Waals surface area contributed by atoms with Gasteiger partial charge in [0.2, 0.25) is 0 Å². The molecule has 108 valence electrons. The molecule has 5 heteroatoms. The van der Waals surface area contributed by atoms with Crippen molar-refractivity contribution in [2.75, 3.05) is 7.05 Å². The third kappa shape index (κ3) is 3.42. The van der Waals surface area contributed by atoms with Crippen molar-refractivity contribution in [1.29, 1.82) is 0 Å². The van der Waals surface area contributed by atoms with Gasteiger partial charge in [0.15, 0.2) is 0 Å². The molecule has 20 heavy (non-hydrogen) atoms.